The van der Waals surface area contributed by atoms with E-state index < -0.39 is 0 Å². The molecule has 0 N–H and O–H groups in total. The SMILES string of the molecule is COCCN(Cc1cnn(C)c1)C(=O)Cn1cnnn1. The monoisotopic (exact) mass is 279 g/mol. The van der Waals surface area contributed by atoms with Crippen LogP contribution in [0.2, 0.25) is 0 Å². The minimum Gasteiger partial charge on any atom is -0.383 e. The minimum absolute atomic E-state index is 0.0711. The fourth-order valence-corrected chi connectivity index (χ4v) is 1.76. The highest BCUT2D eigenvalue weighted by Gasteiger charge is 2.15. The third-order valence-electron chi connectivity index (χ3n) is 2.74. The third kappa shape index (κ3) is 3.85. The van der Waals surface area contributed by atoms with Gasteiger partial charge in [-0.05, 0) is 10.4 Å². The zero-order valence-electron chi connectivity index (χ0n) is 11.5. The number of nitrogens with zero attached hydrogens (tertiary/aromatic N) is 7. The molecule has 108 valence electrons. The van der Waals surface area contributed by atoms with Gasteiger partial charge in [-0.2, -0.15) is 5.10 Å². The molecule has 9 nitrogen and oxygen atoms in total. The largest absolute Gasteiger partial charge is 0.383 e. The number of methoxy groups -OCH3 is 1. The molecule has 0 atom stereocenters. The molecule has 1 amide bonds. The summed E-state index contributed by atoms with van der Waals surface area (Å²) >= 11 is 0. The summed E-state index contributed by atoms with van der Waals surface area (Å²) in [5, 5.41) is 14.8. The molecule has 2 aromatic heterocycles. The van der Waals surface area contributed by atoms with Crippen LogP contribution in [0.4, 0.5) is 0 Å². The molecule has 20 heavy (non-hydrogen) atoms. The Kier molecular flexibility index (Phi) is 4.77. The molecule has 0 fully saturated rings. The number of carbonyl (C=O) groups is 1. The molecule has 2 rings (SSSR count). The summed E-state index contributed by atoms with van der Waals surface area (Å²) in [5.74, 6) is -0.0711. The number of amides is 1. The van der Waals surface area contributed by atoms with E-state index in [1.807, 2.05) is 13.2 Å². The molecule has 0 bridgehead atoms. The van der Waals surface area contributed by atoms with Gasteiger partial charge >= 0.3 is 0 Å². The standard InChI is InChI=1S/C11H17N7O2/c1-16-6-10(5-13-16)7-17(3-4-20-2)11(19)8-18-9-12-14-15-18/h5-6,9H,3-4,7-8H2,1-2H3. The van der Waals surface area contributed by atoms with Gasteiger partial charge in [0.15, 0.2) is 0 Å². The van der Waals surface area contributed by atoms with Crippen LogP contribution in [0.5, 0.6) is 0 Å². The van der Waals surface area contributed by atoms with Crippen LogP contribution in [0, 0.1) is 0 Å². The van der Waals surface area contributed by atoms with Crippen molar-refractivity contribution in [3.63, 3.8) is 0 Å². The molecule has 0 saturated carbocycles. The molecule has 2 heterocycles. The molecule has 0 aliphatic heterocycles. The fraction of sp³-hybridized carbons (Fsp3) is 0.545. The Labute approximate surface area is 116 Å². The van der Waals surface area contributed by atoms with Gasteiger partial charge < -0.3 is 9.64 Å². The van der Waals surface area contributed by atoms with Gasteiger partial charge in [-0.1, -0.05) is 0 Å². The predicted octanol–water partition coefficient (Wildman–Crippen LogP) is -0.918. The summed E-state index contributed by atoms with van der Waals surface area (Å²) in [4.78, 5) is 14.0. The molecule has 0 aliphatic carbocycles. The molecule has 0 aromatic carbocycles. The Morgan fingerprint density at radius 2 is 2.35 bits per heavy atom. The first-order valence-corrected chi connectivity index (χ1v) is 6.14. The average molecular weight is 279 g/mol. The second-order valence-corrected chi connectivity index (χ2v) is 4.34. The second-order valence-electron chi connectivity index (χ2n) is 4.34. The van der Waals surface area contributed by atoms with E-state index in [-0.39, 0.29) is 12.5 Å². The summed E-state index contributed by atoms with van der Waals surface area (Å²) in [7, 11) is 3.44. The molecular weight excluding hydrogens is 262 g/mol. The van der Waals surface area contributed by atoms with E-state index in [9.17, 15) is 4.79 Å². The average Bonchev–Trinajstić information content (AvgIpc) is 3.06. The molecular formula is C11H17N7O2. The van der Waals surface area contributed by atoms with Gasteiger partial charge in [0.25, 0.3) is 0 Å². The highest BCUT2D eigenvalue weighted by atomic mass is 16.5. The maximum atomic E-state index is 12.3. The van der Waals surface area contributed by atoms with Gasteiger partial charge in [0.1, 0.15) is 12.9 Å². The van der Waals surface area contributed by atoms with Crippen LogP contribution in [0.3, 0.4) is 0 Å². The summed E-state index contributed by atoms with van der Waals surface area (Å²) in [6.45, 7) is 1.57. The maximum Gasteiger partial charge on any atom is 0.244 e. The second kappa shape index (κ2) is 6.75. The third-order valence-corrected chi connectivity index (χ3v) is 2.74. The minimum atomic E-state index is -0.0711. The number of hydrogen-bond acceptors (Lipinski definition) is 6. The molecule has 0 unspecified atom stereocenters. The van der Waals surface area contributed by atoms with E-state index in [2.05, 4.69) is 20.6 Å². The first kappa shape index (κ1) is 14.1. The lowest BCUT2D eigenvalue weighted by Gasteiger charge is -2.21. The summed E-state index contributed by atoms with van der Waals surface area (Å²) in [5.41, 5.74) is 0.966. The Bertz CT molecular complexity index is 537. The lowest BCUT2D eigenvalue weighted by Crippen LogP contribution is -2.36. The lowest BCUT2D eigenvalue weighted by atomic mass is 10.3. The summed E-state index contributed by atoms with van der Waals surface area (Å²) < 4.78 is 8.14. The van der Waals surface area contributed by atoms with Crippen LogP contribution < -0.4 is 0 Å². The fourth-order valence-electron chi connectivity index (χ4n) is 1.76. The molecule has 0 aliphatic rings. The van der Waals surface area contributed by atoms with Crippen LogP contribution in [0.1, 0.15) is 5.56 Å². The molecule has 0 spiro atoms. The van der Waals surface area contributed by atoms with E-state index in [4.69, 9.17) is 4.74 Å². The molecule has 9 heteroatoms. The summed E-state index contributed by atoms with van der Waals surface area (Å²) in [6, 6.07) is 0. The van der Waals surface area contributed by atoms with Crippen molar-refractivity contribution >= 4 is 5.91 Å². The van der Waals surface area contributed by atoms with Gasteiger partial charge in [0.05, 0.1) is 12.8 Å². The van der Waals surface area contributed by atoms with Crippen molar-refractivity contribution < 1.29 is 9.53 Å². The number of aromatic nitrogens is 6. The van der Waals surface area contributed by atoms with E-state index in [1.165, 1.54) is 11.0 Å². The number of tetrazole rings is 1. The van der Waals surface area contributed by atoms with E-state index >= 15 is 0 Å². The lowest BCUT2D eigenvalue weighted by molar-refractivity contribution is -0.133. The van der Waals surface area contributed by atoms with Gasteiger partial charge in [0.2, 0.25) is 5.91 Å². The van der Waals surface area contributed by atoms with Crippen molar-refractivity contribution in [1.29, 1.82) is 0 Å². The van der Waals surface area contributed by atoms with Crippen molar-refractivity contribution in [2.45, 2.75) is 13.1 Å². The van der Waals surface area contributed by atoms with Gasteiger partial charge in [-0.3, -0.25) is 9.48 Å². The predicted molar refractivity (Wildman–Crippen MR) is 68.3 cm³/mol. The Morgan fingerprint density at radius 1 is 1.50 bits per heavy atom. The van der Waals surface area contributed by atoms with E-state index in [0.717, 1.165) is 5.56 Å². The van der Waals surface area contributed by atoms with E-state index in [0.29, 0.717) is 19.7 Å². The number of carbonyl (C=O) groups excluding carboxylic acids is 1. The van der Waals surface area contributed by atoms with E-state index in [1.54, 1.807) is 22.9 Å². The Hall–Kier alpha value is -2.29. The van der Waals surface area contributed by atoms with Crippen LogP contribution in [0.25, 0.3) is 0 Å². The maximum absolute atomic E-state index is 12.3. The first-order valence-electron chi connectivity index (χ1n) is 6.14. The Balaban J connectivity index is 2.00. The highest BCUT2D eigenvalue weighted by molar-refractivity contribution is 5.75. The number of ether oxygens (including phenoxy) is 1. The summed E-state index contributed by atoms with van der Waals surface area (Å²) in [6.07, 6.45) is 5.03. The number of rotatable bonds is 7. The quantitative estimate of drug-likeness (QED) is 0.651. The van der Waals surface area contributed by atoms with Gasteiger partial charge in [0, 0.05) is 39.0 Å². The number of hydrogen-bond donors (Lipinski definition) is 0. The van der Waals surface area contributed by atoms with Crippen molar-refractivity contribution in [3.8, 4) is 0 Å². The van der Waals surface area contributed by atoms with Crippen molar-refractivity contribution in [1.82, 2.24) is 34.9 Å². The van der Waals surface area contributed by atoms with Crippen LogP contribution in [-0.2, 0) is 29.7 Å². The smallest absolute Gasteiger partial charge is 0.244 e. The molecule has 0 radical (unpaired) electrons. The van der Waals surface area contributed by atoms with Gasteiger partial charge in [-0.25, -0.2) is 4.68 Å². The van der Waals surface area contributed by atoms with Crippen LogP contribution in [-0.4, -0.2) is 61.1 Å². The molecule has 2 aromatic rings. The number of aryl methyl sites for hydroxylation is 1. The van der Waals surface area contributed by atoms with Crippen molar-refractivity contribution in [3.05, 3.63) is 24.3 Å². The zero-order valence-corrected chi connectivity index (χ0v) is 11.5. The first-order chi connectivity index (χ1) is 9.69. The highest BCUT2D eigenvalue weighted by Crippen LogP contribution is 2.04. The van der Waals surface area contributed by atoms with Crippen molar-refractivity contribution in [2.75, 3.05) is 20.3 Å². The normalized spacial score (nSPS) is 10.7. The zero-order chi connectivity index (χ0) is 14.4. The van der Waals surface area contributed by atoms with Crippen LogP contribution >= 0.6 is 0 Å². The topological polar surface area (TPSA) is 91.0 Å². The van der Waals surface area contributed by atoms with Crippen molar-refractivity contribution in [2.24, 2.45) is 7.05 Å². The van der Waals surface area contributed by atoms with Crippen LogP contribution in [0.15, 0.2) is 18.7 Å². The molecule has 0 saturated heterocycles. The Morgan fingerprint density at radius 3 is 2.95 bits per heavy atom. The van der Waals surface area contributed by atoms with Gasteiger partial charge in [-0.15, -0.1) is 5.10 Å².